The minimum absolute atomic E-state index is 0.0660. The van der Waals surface area contributed by atoms with Crippen LogP contribution in [-0.4, -0.2) is 5.78 Å². The van der Waals surface area contributed by atoms with Gasteiger partial charge in [0.25, 0.3) is 0 Å². The summed E-state index contributed by atoms with van der Waals surface area (Å²) in [5, 5.41) is 0. The molecule has 0 bridgehead atoms. The van der Waals surface area contributed by atoms with Crippen molar-refractivity contribution in [1.82, 2.24) is 0 Å². The van der Waals surface area contributed by atoms with Gasteiger partial charge in [-0.3, -0.25) is 4.79 Å². The van der Waals surface area contributed by atoms with E-state index in [1.807, 2.05) is 6.07 Å². The van der Waals surface area contributed by atoms with Gasteiger partial charge in [0.05, 0.1) is 6.26 Å². The van der Waals surface area contributed by atoms with E-state index in [9.17, 15) is 4.79 Å². The topological polar surface area (TPSA) is 43.4 Å². The van der Waals surface area contributed by atoms with Gasteiger partial charge in [0, 0.05) is 6.42 Å². The van der Waals surface area contributed by atoms with Gasteiger partial charge in [-0.2, -0.15) is 0 Å². The highest BCUT2D eigenvalue weighted by Gasteiger charge is 2.12. The van der Waals surface area contributed by atoms with Crippen LogP contribution in [0.3, 0.4) is 0 Å². The summed E-state index contributed by atoms with van der Waals surface area (Å²) in [5.74, 6) is 1.75. The van der Waals surface area contributed by atoms with Crippen LogP contribution in [0.5, 0.6) is 0 Å². The van der Waals surface area contributed by atoms with Crippen molar-refractivity contribution in [3.05, 3.63) is 36.3 Å². The monoisotopic (exact) mass is 276 g/mol. The highest BCUT2D eigenvalue weighted by molar-refractivity contribution is 5.93. The van der Waals surface area contributed by atoms with E-state index in [2.05, 4.69) is 20.8 Å². The summed E-state index contributed by atoms with van der Waals surface area (Å²) in [7, 11) is 0. The lowest BCUT2D eigenvalue weighted by Gasteiger charge is -1.96. The Labute approximate surface area is 121 Å². The number of furan rings is 2. The molecule has 0 radical (unpaired) electrons. The molecule has 0 amide bonds. The van der Waals surface area contributed by atoms with E-state index in [0.717, 1.165) is 19.3 Å². The molecular formula is C17H24O3. The van der Waals surface area contributed by atoms with Crippen LogP contribution >= 0.6 is 0 Å². The van der Waals surface area contributed by atoms with Crippen LogP contribution < -0.4 is 0 Å². The first-order chi connectivity index (χ1) is 9.72. The number of rotatable bonds is 6. The van der Waals surface area contributed by atoms with Gasteiger partial charge >= 0.3 is 0 Å². The molecule has 20 heavy (non-hydrogen) atoms. The summed E-state index contributed by atoms with van der Waals surface area (Å²) in [5.41, 5.74) is 0. The Kier molecular flexibility index (Phi) is 7.48. The molecule has 0 saturated carbocycles. The molecule has 2 aromatic rings. The van der Waals surface area contributed by atoms with Crippen molar-refractivity contribution in [3.63, 3.8) is 0 Å². The molecule has 2 heterocycles. The summed E-state index contributed by atoms with van der Waals surface area (Å²) in [6.07, 6.45) is 6.51. The van der Waals surface area contributed by atoms with Crippen molar-refractivity contribution in [2.45, 2.75) is 52.9 Å². The van der Waals surface area contributed by atoms with E-state index < -0.39 is 0 Å². The molecule has 2 aromatic heterocycles. The fourth-order valence-corrected chi connectivity index (χ4v) is 1.70. The molecule has 0 aliphatic rings. The van der Waals surface area contributed by atoms with Gasteiger partial charge in [0.1, 0.15) is 0 Å². The maximum Gasteiger partial charge on any atom is 0.198 e. The molecular weight excluding hydrogens is 252 g/mol. The molecule has 0 aliphatic heterocycles. The molecule has 2 rings (SSSR count). The molecule has 0 aromatic carbocycles. The number of hydrogen-bond donors (Lipinski definition) is 0. The Morgan fingerprint density at radius 2 is 1.80 bits per heavy atom. The maximum absolute atomic E-state index is 11.8. The summed E-state index contributed by atoms with van der Waals surface area (Å²) in [4.78, 5) is 11.8. The fourth-order valence-electron chi connectivity index (χ4n) is 1.70. The van der Waals surface area contributed by atoms with E-state index in [0.29, 0.717) is 23.7 Å². The smallest absolute Gasteiger partial charge is 0.198 e. The molecule has 3 heteroatoms. The van der Waals surface area contributed by atoms with E-state index in [-0.39, 0.29) is 5.78 Å². The zero-order valence-corrected chi connectivity index (χ0v) is 12.6. The normalized spacial score (nSPS) is 9.95. The lowest BCUT2D eigenvalue weighted by atomic mass is 10.1. The van der Waals surface area contributed by atoms with Crippen molar-refractivity contribution in [1.29, 1.82) is 0 Å². The molecule has 0 aliphatic carbocycles. The molecule has 3 nitrogen and oxygen atoms in total. The summed E-state index contributed by atoms with van der Waals surface area (Å²) in [6, 6.07) is 7.09. The van der Waals surface area contributed by atoms with Crippen molar-refractivity contribution in [3.8, 4) is 11.5 Å². The fraction of sp³-hybridized carbons (Fsp3) is 0.471. The highest BCUT2D eigenvalue weighted by atomic mass is 16.4. The first-order valence-electron chi connectivity index (χ1n) is 7.39. The number of ketones is 1. The lowest BCUT2D eigenvalue weighted by molar-refractivity contribution is 0.0953. The standard InChI is InChI=1S/C14H16O3.C3H8/c1-2-3-4-6-11(15)12-8-9-14(17-12)13-7-5-10-16-13;1-3-2/h5,7-10H,2-4,6H2,1H3;3H2,1-2H3. The van der Waals surface area contributed by atoms with Gasteiger partial charge in [-0.25, -0.2) is 0 Å². The van der Waals surface area contributed by atoms with Crippen LogP contribution in [0.1, 0.15) is 63.4 Å². The first-order valence-corrected chi connectivity index (χ1v) is 7.39. The Bertz CT molecular complexity index is 480. The van der Waals surface area contributed by atoms with Gasteiger partial charge in [0.15, 0.2) is 23.1 Å². The molecule has 0 atom stereocenters. The van der Waals surface area contributed by atoms with Crippen LogP contribution in [-0.2, 0) is 0 Å². The van der Waals surface area contributed by atoms with Gasteiger partial charge < -0.3 is 8.83 Å². The second-order valence-corrected chi connectivity index (χ2v) is 4.73. The predicted molar refractivity (Wildman–Crippen MR) is 80.8 cm³/mol. The molecule has 0 saturated heterocycles. The molecule has 0 fully saturated rings. The molecule has 0 unspecified atom stereocenters. The number of carbonyl (C=O) groups is 1. The Morgan fingerprint density at radius 1 is 1.05 bits per heavy atom. The summed E-state index contributed by atoms with van der Waals surface area (Å²) in [6.45, 7) is 6.37. The minimum atomic E-state index is 0.0660. The molecule has 0 spiro atoms. The van der Waals surface area contributed by atoms with Crippen molar-refractivity contribution < 1.29 is 13.6 Å². The van der Waals surface area contributed by atoms with Gasteiger partial charge in [-0.05, 0) is 30.7 Å². The first kappa shape index (κ1) is 16.3. The Morgan fingerprint density at radius 3 is 2.40 bits per heavy atom. The minimum Gasteiger partial charge on any atom is -0.461 e. The quantitative estimate of drug-likeness (QED) is 0.500. The van der Waals surface area contributed by atoms with Crippen LogP contribution in [0.2, 0.25) is 0 Å². The number of hydrogen-bond acceptors (Lipinski definition) is 3. The van der Waals surface area contributed by atoms with Crippen LogP contribution in [0.4, 0.5) is 0 Å². The number of Topliss-reactive ketones (excluding diaryl/α,β-unsaturated/α-hetero) is 1. The third-order valence-corrected chi connectivity index (χ3v) is 2.65. The molecule has 110 valence electrons. The zero-order chi connectivity index (χ0) is 14.8. The van der Waals surface area contributed by atoms with E-state index in [1.165, 1.54) is 6.42 Å². The maximum atomic E-state index is 11.8. The average molecular weight is 276 g/mol. The van der Waals surface area contributed by atoms with Gasteiger partial charge in [0.2, 0.25) is 0 Å². The SMILES string of the molecule is CCC.CCCCCC(=O)c1ccc(-c2ccco2)o1. The van der Waals surface area contributed by atoms with Gasteiger partial charge in [-0.1, -0.05) is 40.0 Å². The number of carbonyl (C=O) groups excluding carboxylic acids is 1. The zero-order valence-electron chi connectivity index (χ0n) is 12.6. The number of unbranched alkanes of at least 4 members (excludes halogenated alkanes) is 2. The summed E-state index contributed by atoms with van der Waals surface area (Å²) >= 11 is 0. The van der Waals surface area contributed by atoms with Crippen LogP contribution in [0.15, 0.2) is 39.4 Å². The average Bonchev–Trinajstić information content (AvgIpc) is 3.11. The van der Waals surface area contributed by atoms with E-state index >= 15 is 0 Å². The van der Waals surface area contributed by atoms with E-state index in [1.54, 1.807) is 24.5 Å². The van der Waals surface area contributed by atoms with Crippen molar-refractivity contribution >= 4 is 5.78 Å². The Balaban J connectivity index is 0.000000612. The third kappa shape index (κ3) is 5.08. The summed E-state index contributed by atoms with van der Waals surface area (Å²) < 4.78 is 10.7. The Hall–Kier alpha value is -1.77. The van der Waals surface area contributed by atoms with Crippen LogP contribution in [0, 0.1) is 0 Å². The van der Waals surface area contributed by atoms with Crippen molar-refractivity contribution in [2.75, 3.05) is 0 Å². The predicted octanol–water partition coefficient (Wildman–Crippen LogP) is 5.72. The van der Waals surface area contributed by atoms with Gasteiger partial charge in [-0.15, -0.1) is 0 Å². The van der Waals surface area contributed by atoms with Crippen LogP contribution in [0.25, 0.3) is 11.5 Å². The highest BCUT2D eigenvalue weighted by Crippen LogP contribution is 2.23. The molecule has 0 N–H and O–H groups in total. The largest absolute Gasteiger partial charge is 0.461 e. The second-order valence-electron chi connectivity index (χ2n) is 4.73. The van der Waals surface area contributed by atoms with Crippen molar-refractivity contribution in [2.24, 2.45) is 0 Å². The van der Waals surface area contributed by atoms with E-state index in [4.69, 9.17) is 8.83 Å². The second kappa shape index (κ2) is 9.18. The lowest BCUT2D eigenvalue weighted by Crippen LogP contribution is -1.96. The third-order valence-electron chi connectivity index (χ3n) is 2.65.